The highest BCUT2D eigenvalue weighted by atomic mass is 19.1. The summed E-state index contributed by atoms with van der Waals surface area (Å²) in [6.07, 6.45) is 2.04. The summed E-state index contributed by atoms with van der Waals surface area (Å²) in [5.41, 5.74) is 1.87. The Bertz CT molecular complexity index is 1100. The Morgan fingerprint density at radius 1 is 1.13 bits per heavy atom. The third-order valence-electron chi connectivity index (χ3n) is 5.89. The second-order valence-corrected chi connectivity index (χ2v) is 8.30. The maximum Gasteiger partial charge on any atom is 0.246 e. The predicted octanol–water partition coefficient (Wildman–Crippen LogP) is 2.89. The molecule has 2 fully saturated rings. The summed E-state index contributed by atoms with van der Waals surface area (Å²) in [7, 11) is 0. The van der Waals surface area contributed by atoms with Gasteiger partial charge in [0, 0.05) is 24.8 Å². The zero-order valence-electron chi connectivity index (χ0n) is 17.1. The maximum atomic E-state index is 13.5. The summed E-state index contributed by atoms with van der Waals surface area (Å²) in [5, 5.41) is 18.7. The minimum atomic E-state index is -0.927. The van der Waals surface area contributed by atoms with Crippen molar-refractivity contribution in [3.63, 3.8) is 0 Å². The van der Waals surface area contributed by atoms with Crippen LogP contribution in [0.5, 0.6) is 0 Å². The van der Waals surface area contributed by atoms with E-state index >= 15 is 0 Å². The first kappa shape index (κ1) is 20.0. The number of hydrogen-bond donors (Lipinski definition) is 2. The van der Waals surface area contributed by atoms with E-state index in [0.717, 1.165) is 42.6 Å². The molecule has 0 aliphatic carbocycles. The van der Waals surface area contributed by atoms with Crippen molar-refractivity contribution in [2.24, 2.45) is 0 Å². The Hall–Kier alpha value is -2.88. The standard InChI is InChI=1S/C22H23F2N5O2/c1-14-4-15(22(30)2-3-28(12-22)20-10-31-11-20)6-18(5-14)26-21-25-13-29(27-21)19-8-16(23)7-17(24)9-19/h4-9,13,20,30H,2-3,10-12H2,1H3,(H,26,27)/t22-/m0/s1. The van der Waals surface area contributed by atoms with E-state index < -0.39 is 17.2 Å². The molecule has 0 spiro atoms. The third kappa shape index (κ3) is 4.04. The Kier molecular flexibility index (Phi) is 4.96. The zero-order valence-corrected chi connectivity index (χ0v) is 17.1. The normalized spacial score (nSPS) is 21.9. The first-order valence-electron chi connectivity index (χ1n) is 10.2. The second kappa shape index (κ2) is 7.67. The van der Waals surface area contributed by atoms with Crippen LogP contribution in [0.2, 0.25) is 0 Å². The van der Waals surface area contributed by atoms with Crippen LogP contribution in [0.15, 0.2) is 42.7 Å². The second-order valence-electron chi connectivity index (χ2n) is 8.30. The van der Waals surface area contributed by atoms with Gasteiger partial charge >= 0.3 is 0 Å². The van der Waals surface area contributed by atoms with Crippen molar-refractivity contribution in [3.8, 4) is 5.69 Å². The topological polar surface area (TPSA) is 75.4 Å². The van der Waals surface area contributed by atoms with Crippen LogP contribution in [0.4, 0.5) is 20.4 Å². The van der Waals surface area contributed by atoms with Gasteiger partial charge in [-0.15, -0.1) is 5.10 Å². The van der Waals surface area contributed by atoms with Crippen LogP contribution in [0.25, 0.3) is 5.69 Å². The van der Waals surface area contributed by atoms with E-state index in [2.05, 4.69) is 20.3 Å². The molecule has 3 aromatic rings. The Morgan fingerprint density at radius 3 is 2.61 bits per heavy atom. The summed E-state index contributed by atoms with van der Waals surface area (Å²) >= 11 is 0. The van der Waals surface area contributed by atoms with Crippen molar-refractivity contribution < 1.29 is 18.6 Å². The number of aromatic nitrogens is 3. The van der Waals surface area contributed by atoms with Gasteiger partial charge in [0.15, 0.2) is 0 Å². The highest BCUT2D eigenvalue weighted by Crippen LogP contribution is 2.36. The van der Waals surface area contributed by atoms with Gasteiger partial charge in [0.2, 0.25) is 5.95 Å². The van der Waals surface area contributed by atoms with Gasteiger partial charge in [-0.2, -0.15) is 4.98 Å². The molecular weight excluding hydrogens is 404 g/mol. The molecule has 162 valence electrons. The van der Waals surface area contributed by atoms with Crippen LogP contribution >= 0.6 is 0 Å². The first-order valence-corrected chi connectivity index (χ1v) is 10.2. The van der Waals surface area contributed by atoms with Crippen molar-refractivity contribution in [2.45, 2.75) is 25.0 Å². The molecule has 9 heteroatoms. The Labute approximate surface area is 178 Å². The van der Waals surface area contributed by atoms with Crippen molar-refractivity contribution in [1.82, 2.24) is 19.7 Å². The number of nitrogens with zero attached hydrogens (tertiary/aromatic N) is 4. The SMILES string of the molecule is Cc1cc(Nc2ncn(-c3cc(F)cc(F)c3)n2)cc([C@]2(O)CCN(C3COC3)C2)c1. The summed E-state index contributed by atoms with van der Waals surface area (Å²) in [4.78, 5) is 6.46. The molecule has 2 aliphatic rings. The van der Waals surface area contributed by atoms with Crippen LogP contribution in [0, 0.1) is 18.6 Å². The van der Waals surface area contributed by atoms with E-state index in [-0.39, 0.29) is 11.6 Å². The largest absolute Gasteiger partial charge is 0.384 e. The summed E-state index contributed by atoms with van der Waals surface area (Å²) < 4.78 is 33.6. The number of rotatable bonds is 5. The number of benzene rings is 2. The first-order chi connectivity index (χ1) is 14.9. The lowest BCUT2D eigenvalue weighted by Crippen LogP contribution is -2.49. The van der Waals surface area contributed by atoms with E-state index in [1.807, 2.05) is 25.1 Å². The van der Waals surface area contributed by atoms with E-state index in [4.69, 9.17) is 4.74 Å². The number of ether oxygens (including phenoxy) is 1. The average molecular weight is 427 g/mol. The fraction of sp³-hybridized carbons (Fsp3) is 0.364. The lowest BCUT2D eigenvalue weighted by Gasteiger charge is -2.35. The van der Waals surface area contributed by atoms with Crippen molar-refractivity contribution in [2.75, 3.05) is 31.6 Å². The number of anilines is 2. The Balaban J connectivity index is 1.36. The number of likely N-dealkylation sites (tertiary alicyclic amines) is 1. The van der Waals surface area contributed by atoms with Crippen molar-refractivity contribution in [3.05, 3.63) is 65.5 Å². The molecule has 0 bridgehead atoms. The van der Waals surface area contributed by atoms with Crippen LogP contribution < -0.4 is 5.32 Å². The number of β-amino-alcohol motifs (C(OH)–C–C–N with tert-alkyl or cyclic N) is 1. The molecule has 2 N–H and O–H groups in total. The molecule has 1 aromatic heterocycles. The molecule has 7 nitrogen and oxygen atoms in total. The Morgan fingerprint density at radius 2 is 1.90 bits per heavy atom. The van der Waals surface area contributed by atoms with E-state index in [9.17, 15) is 13.9 Å². The number of hydrogen-bond acceptors (Lipinski definition) is 6. The minimum absolute atomic E-state index is 0.239. The van der Waals surface area contributed by atoms with Crippen LogP contribution in [0.1, 0.15) is 17.5 Å². The molecule has 0 radical (unpaired) electrons. The monoisotopic (exact) mass is 427 g/mol. The molecule has 0 saturated carbocycles. The fourth-order valence-electron chi connectivity index (χ4n) is 4.17. The van der Waals surface area contributed by atoms with Gasteiger partial charge in [-0.3, -0.25) is 4.90 Å². The van der Waals surface area contributed by atoms with E-state index in [0.29, 0.717) is 19.0 Å². The van der Waals surface area contributed by atoms with Gasteiger partial charge in [-0.1, -0.05) is 6.07 Å². The number of halogens is 2. The van der Waals surface area contributed by atoms with Crippen LogP contribution in [-0.2, 0) is 10.3 Å². The van der Waals surface area contributed by atoms with E-state index in [1.165, 1.54) is 23.1 Å². The van der Waals surface area contributed by atoms with Crippen molar-refractivity contribution >= 4 is 11.6 Å². The van der Waals surface area contributed by atoms with Gasteiger partial charge in [0.25, 0.3) is 0 Å². The van der Waals surface area contributed by atoms with Gasteiger partial charge in [-0.05, 0) is 48.7 Å². The molecule has 3 heterocycles. The average Bonchev–Trinajstić information content (AvgIpc) is 3.27. The summed E-state index contributed by atoms with van der Waals surface area (Å²) in [5.74, 6) is -1.08. The van der Waals surface area contributed by atoms with Gasteiger partial charge in [0.05, 0.1) is 24.9 Å². The minimum Gasteiger partial charge on any atom is -0.384 e. The molecule has 1 atom stereocenters. The van der Waals surface area contributed by atoms with Crippen LogP contribution in [0.3, 0.4) is 0 Å². The summed E-state index contributed by atoms with van der Waals surface area (Å²) in [6.45, 7) is 4.81. The number of aryl methyl sites for hydroxylation is 1. The molecule has 31 heavy (non-hydrogen) atoms. The zero-order chi connectivity index (χ0) is 21.6. The number of aliphatic hydroxyl groups is 1. The van der Waals surface area contributed by atoms with Crippen molar-refractivity contribution in [1.29, 1.82) is 0 Å². The van der Waals surface area contributed by atoms with Gasteiger partial charge in [-0.25, -0.2) is 13.5 Å². The molecule has 2 aromatic carbocycles. The maximum absolute atomic E-state index is 13.5. The highest BCUT2D eigenvalue weighted by molar-refractivity contribution is 5.57. The van der Waals surface area contributed by atoms with Crippen LogP contribution in [-0.4, -0.2) is 57.1 Å². The summed E-state index contributed by atoms with van der Waals surface area (Å²) in [6, 6.07) is 9.38. The molecule has 5 rings (SSSR count). The molecule has 0 unspecified atom stereocenters. The molecule has 2 saturated heterocycles. The fourth-order valence-corrected chi connectivity index (χ4v) is 4.17. The molecular formula is C22H23F2N5O2. The molecule has 2 aliphatic heterocycles. The third-order valence-corrected chi connectivity index (χ3v) is 5.89. The number of nitrogens with one attached hydrogen (secondary N) is 1. The highest BCUT2D eigenvalue weighted by Gasteiger charge is 2.42. The molecule has 0 amide bonds. The smallest absolute Gasteiger partial charge is 0.246 e. The lowest BCUT2D eigenvalue weighted by molar-refractivity contribution is -0.0665. The van der Waals surface area contributed by atoms with Gasteiger partial charge in [0.1, 0.15) is 23.6 Å². The predicted molar refractivity (Wildman–Crippen MR) is 110 cm³/mol. The van der Waals surface area contributed by atoms with Gasteiger partial charge < -0.3 is 15.2 Å². The lowest BCUT2D eigenvalue weighted by atomic mass is 9.91. The quantitative estimate of drug-likeness (QED) is 0.652. The van der Waals surface area contributed by atoms with E-state index in [1.54, 1.807) is 0 Å².